The van der Waals surface area contributed by atoms with Crippen LogP contribution in [0.25, 0.3) is 0 Å². The minimum atomic E-state index is -2.94. The number of rotatable bonds is 4. The van der Waals surface area contributed by atoms with Crippen LogP contribution in [0.3, 0.4) is 0 Å². The van der Waals surface area contributed by atoms with E-state index in [4.69, 9.17) is 23.2 Å². The highest BCUT2D eigenvalue weighted by Gasteiger charge is 2.13. The van der Waals surface area contributed by atoms with Crippen LogP contribution in [0.4, 0.5) is 8.78 Å². The van der Waals surface area contributed by atoms with Gasteiger partial charge in [-0.25, -0.2) is 0 Å². The second kappa shape index (κ2) is 6.20. The average Bonchev–Trinajstić information content (AvgIpc) is 2.40. The van der Waals surface area contributed by atoms with E-state index < -0.39 is 6.61 Å². The van der Waals surface area contributed by atoms with Crippen molar-refractivity contribution in [1.29, 1.82) is 0 Å². The first-order valence-electron chi connectivity index (χ1n) is 5.52. The van der Waals surface area contributed by atoms with Crippen LogP contribution in [-0.4, -0.2) is 12.4 Å². The summed E-state index contributed by atoms with van der Waals surface area (Å²) in [7, 11) is 0. The predicted molar refractivity (Wildman–Crippen MR) is 73.0 cm³/mol. The minimum Gasteiger partial charge on any atom is -0.435 e. The molecule has 0 atom stereocenters. The molecule has 6 heteroatoms. The standard InChI is InChI=1S/C14H8Cl2F2O2/c15-11-5-4-9(7-12(11)16)13(19)8-2-1-3-10(6-8)20-14(17)18/h1-7,14H. The highest BCUT2D eigenvalue weighted by atomic mass is 35.5. The molecule has 0 saturated carbocycles. The molecular weight excluding hydrogens is 309 g/mol. The predicted octanol–water partition coefficient (Wildman–Crippen LogP) is 4.83. The van der Waals surface area contributed by atoms with Gasteiger partial charge in [0.05, 0.1) is 10.0 Å². The van der Waals surface area contributed by atoms with Crippen molar-refractivity contribution in [3.8, 4) is 5.75 Å². The van der Waals surface area contributed by atoms with Gasteiger partial charge in [0.2, 0.25) is 0 Å². The molecule has 2 rings (SSSR count). The van der Waals surface area contributed by atoms with Crippen LogP contribution in [0.2, 0.25) is 10.0 Å². The van der Waals surface area contributed by atoms with E-state index in [1.54, 1.807) is 0 Å². The van der Waals surface area contributed by atoms with Crippen LogP contribution in [0.5, 0.6) is 5.75 Å². The highest BCUT2D eigenvalue weighted by molar-refractivity contribution is 6.42. The van der Waals surface area contributed by atoms with Crippen molar-refractivity contribution in [3.63, 3.8) is 0 Å². The fraction of sp³-hybridized carbons (Fsp3) is 0.0714. The number of benzene rings is 2. The largest absolute Gasteiger partial charge is 0.435 e. The van der Waals surface area contributed by atoms with Crippen LogP contribution in [0.1, 0.15) is 15.9 Å². The molecule has 0 spiro atoms. The van der Waals surface area contributed by atoms with Crippen molar-refractivity contribution >= 4 is 29.0 Å². The summed E-state index contributed by atoms with van der Waals surface area (Å²) in [4.78, 5) is 12.2. The van der Waals surface area contributed by atoms with E-state index in [1.165, 1.54) is 42.5 Å². The molecule has 0 aromatic heterocycles. The Labute approximate surface area is 123 Å². The van der Waals surface area contributed by atoms with Crippen LogP contribution >= 0.6 is 23.2 Å². The summed E-state index contributed by atoms with van der Waals surface area (Å²) in [5.74, 6) is -0.436. The number of hydrogen-bond acceptors (Lipinski definition) is 2. The third kappa shape index (κ3) is 3.46. The van der Waals surface area contributed by atoms with Gasteiger partial charge in [0.1, 0.15) is 5.75 Å². The van der Waals surface area contributed by atoms with Gasteiger partial charge in [-0.2, -0.15) is 8.78 Å². The highest BCUT2D eigenvalue weighted by Crippen LogP contribution is 2.25. The lowest BCUT2D eigenvalue weighted by atomic mass is 10.0. The molecule has 0 bridgehead atoms. The van der Waals surface area contributed by atoms with E-state index >= 15 is 0 Å². The summed E-state index contributed by atoms with van der Waals surface area (Å²) >= 11 is 11.6. The normalized spacial score (nSPS) is 10.7. The lowest BCUT2D eigenvalue weighted by Crippen LogP contribution is -2.05. The first-order chi connectivity index (χ1) is 9.47. The van der Waals surface area contributed by atoms with E-state index in [2.05, 4.69) is 4.74 Å². The molecule has 0 heterocycles. The van der Waals surface area contributed by atoms with Gasteiger partial charge in [-0.3, -0.25) is 4.79 Å². The number of ether oxygens (including phenoxy) is 1. The average molecular weight is 317 g/mol. The van der Waals surface area contributed by atoms with E-state index in [1.807, 2.05) is 0 Å². The smallest absolute Gasteiger partial charge is 0.387 e. The minimum absolute atomic E-state index is 0.0779. The number of alkyl halides is 2. The summed E-state index contributed by atoms with van der Waals surface area (Å²) in [5, 5.41) is 0.579. The Balaban J connectivity index is 2.30. The summed E-state index contributed by atoms with van der Waals surface area (Å²) < 4.78 is 28.5. The number of hydrogen-bond donors (Lipinski definition) is 0. The van der Waals surface area contributed by atoms with Crippen molar-refractivity contribution in [2.75, 3.05) is 0 Å². The quantitative estimate of drug-likeness (QED) is 0.755. The van der Waals surface area contributed by atoms with Gasteiger partial charge >= 0.3 is 6.61 Å². The Hall–Kier alpha value is -1.65. The molecule has 0 aliphatic carbocycles. The van der Waals surface area contributed by atoms with Gasteiger partial charge in [0.15, 0.2) is 5.78 Å². The fourth-order valence-corrected chi connectivity index (χ4v) is 1.92. The molecule has 0 aliphatic rings. The maximum Gasteiger partial charge on any atom is 0.387 e. The molecule has 0 fully saturated rings. The molecule has 0 radical (unpaired) electrons. The summed E-state index contributed by atoms with van der Waals surface area (Å²) in [6.45, 7) is -2.94. The van der Waals surface area contributed by atoms with E-state index in [-0.39, 0.29) is 22.1 Å². The molecule has 2 aromatic carbocycles. The van der Waals surface area contributed by atoms with Gasteiger partial charge in [-0.1, -0.05) is 35.3 Å². The monoisotopic (exact) mass is 316 g/mol. The SMILES string of the molecule is O=C(c1cccc(OC(F)F)c1)c1ccc(Cl)c(Cl)c1. The third-order valence-corrected chi connectivity index (χ3v) is 3.24. The summed E-state index contributed by atoms with van der Waals surface area (Å²) in [6.07, 6.45) is 0. The van der Waals surface area contributed by atoms with Crippen LogP contribution in [-0.2, 0) is 0 Å². The van der Waals surface area contributed by atoms with E-state index in [9.17, 15) is 13.6 Å². The molecule has 2 aromatic rings. The van der Waals surface area contributed by atoms with Crippen molar-refractivity contribution in [1.82, 2.24) is 0 Å². The Kier molecular flexibility index (Phi) is 4.57. The first-order valence-corrected chi connectivity index (χ1v) is 6.27. The maximum absolute atomic E-state index is 12.2. The number of halogens is 4. The molecule has 2 nitrogen and oxygen atoms in total. The Morgan fingerprint density at radius 3 is 2.35 bits per heavy atom. The number of ketones is 1. The summed E-state index contributed by atoms with van der Waals surface area (Å²) in [5.41, 5.74) is 0.537. The van der Waals surface area contributed by atoms with Crippen LogP contribution < -0.4 is 4.74 Å². The molecule has 20 heavy (non-hydrogen) atoms. The zero-order valence-electron chi connectivity index (χ0n) is 9.95. The van der Waals surface area contributed by atoms with Crippen molar-refractivity contribution in [3.05, 3.63) is 63.6 Å². The molecular formula is C14H8Cl2F2O2. The maximum atomic E-state index is 12.2. The molecule has 104 valence electrons. The van der Waals surface area contributed by atoms with Gasteiger partial charge in [-0.15, -0.1) is 0 Å². The van der Waals surface area contributed by atoms with Crippen LogP contribution in [0.15, 0.2) is 42.5 Å². The molecule has 0 amide bonds. The zero-order chi connectivity index (χ0) is 14.7. The Morgan fingerprint density at radius 2 is 1.70 bits per heavy atom. The zero-order valence-corrected chi connectivity index (χ0v) is 11.5. The summed E-state index contributed by atoms with van der Waals surface area (Å²) in [6, 6.07) is 9.99. The molecule has 0 N–H and O–H groups in total. The lowest BCUT2D eigenvalue weighted by molar-refractivity contribution is -0.0498. The third-order valence-electron chi connectivity index (χ3n) is 2.50. The molecule has 0 saturated heterocycles. The van der Waals surface area contributed by atoms with E-state index in [0.717, 1.165) is 0 Å². The van der Waals surface area contributed by atoms with Gasteiger partial charge in [0, 0.05) is 11.1 Å². The number of carbonyl (C=O) groups is 1. The lowest BCUT2D eigenvalue weighted by Gasteiger charge is -2.07. The second-order valence-corrected chi connectivity index (χ2v) is 4.68. The van der Waals surface area contributed by atoms with Gasteiger partial charge < -0.3 is 4.74 Å². The topological polar surface area (TPSA) is 26.3 Å². The van der Waals surface area contributed by atoms with Crippen molar-refractivity contribution in [2.24, 2.45) is 0 Å². The molecule has 0 aliphatic heterocycles. The Morgan fingerprint density at radius 1 is 1.00 bits per heavy atom. The first kappa shape index (κ1) is 14.8. The fourth-order valence-electron chi connectivity index (χ4n) is 1.62. The van der Waals surface area contributed by atoms with Gasteiger partial charge in [-0.05, 0) is 30.3 Å². The van der Waals surface area contributed by atoms with Crippen molar-refractivity contribution in [2.45, 2.75) is 6.61 Å². The Bertz CT molecular complexity index is 645. The van der Waals surface area contributed by atoms with Gasteiger partial charge in [0.25, 0.3) is 0 Å². The second-order valence-electron chi connectivity index (χ2n) is 3.86. The van der Waals surface area contributed by atoms with Crippen LogP contribution in [0, 0.1) is 0 Å². The van der Waals surface area contributed by atoms with Crippen molar-refractivity contribution < 1.29 is 18.3 Å². The van der Waals surface area contributed by atoms with E-state index in [0.29, 0.717) is 10.6 Å². The number of carbonyl (C=O) groups excluding carboxylic acids is 1. The molecule has 0 unspecified atom stereocenters.